The fourth-order valence-corrected chi connectivity index (χ4v) is 11.1. The standard InChI is InChI=1S/C16H40O2S4Si2/c1-5-15(6-2)17-23-13-9-11-22(20,21-19)12-10-14-24-18-16(7-3)8-4/h15-16,19-20H,5-14,23-24H2,1-4H3. The van der Waals surface area contributed by atoms with Crippen molar-refractivity contribution in [2.24, 2.45) is 0 Å². The maximum Gasteiger partial charge on any atom is 0.162 e. The van der Waals surface area contributed by atoms with E-state index in [1.165, 1.54) is 36.4 Å². The van der Waals surface area contributed by atoms with Crippen LogP contribution in [0.3, 0.4) is 0 Å². The Kier molecular flexibility index (Phi) is 18.1. The number of hydrogen-bond acceptors (Lipinski definition) is 5. The second-order valence-corrected chi connectivity index (χ2v) is 18.2. The van der Waals surface area contributed by atoms with Crippen molar-refractivity contribution in [2.75, 3.05) is 11.5 Å². The van der Waals surface area contributed by atoms with Gasteiger partial charge in [0.2, 0.25) is 0 Å². The van der Waals surface area contributed by atoms with E-state index in [1.54, 1.807) is 9.83 Å². The first kappa shape index (κ1) is 25.8. The molecular weight excluding hydrogens is 409 g/mol. The predicted molar refractivity (Wildman–Crippen MR) is 130 cm³/mol. The van der Waals surface area contributed by atoms with Gasteiger partial charge in [-0.1, -0.05) is 27.7 Å². The van der Waals surface area contributed by atoms with Crippen LogP contribution >= 0.6 is 41.2 Å². The van der Waals surface area contributed by atoms with E-state index in [2.05, 4.69) is 39.4 Å². The summed E-state index contributed by atoms with van der Waals surface area (Å²) in [6, 6.07) is 2.57. The molecule has 0 radical (unpaired) electrons. The van der Waals surface area contributed by atoms with Crippen molar-refractivity contribution in [3.63, 3.8) is 0 Å². The molecule has 2 nitrogen and oxygen atoms in total. The van der Waals surface area contributed by atoms with Crippen molar-refractivity contribution < 1.29 is 8.85 Å². The zero-order valence-corrected chi connectivity index (χ0v) is 22.4. The fraction of sp³-hybridized carbons (Fsp3) is 1.00. The number of hydrogen-bond donors (Lipinski definition) is 2. The molecule has 0 atom stereocenters. The summed E-state index contributed by atoms with van der Waals surface area (Å²) < 4.78 is 12.1. The van der Waals surface area contributed by atoms with Crippen molar-refractivity contribution in [2.45, 2.75) is 90.5 Å². The van der Waals surface area contributed by atoms with Crippen LogP contribution in [-0.4, -0.2) is 43.2 Å². The SMILES string of the molecule is CCC(CC)O[SiH2]CCCS(S)(CCC[SiH2]OC(CC)CC)SS. The summed E-state index contributed by atoms with van der Waals surface area (Å²) >= 11 is 9.51. The molecule has 0 aliphatic heterocycles. The Morgan fingerprint density at radius 2 is 1.21 bits per heavy atom. The summed E-state index contributed by atoms with van der Waals surface area (Å²) in [5, 5.41) is 0. The van der Waals surface area contributed by atoms with Crippen molar-refractivity contribution in [1.29, 1.82) is 0 Å². The topological polar surface area (TPSA) is 18.5 Å². The van der Waals surface area contributed by atoms with Crippen LogP contribution in [0.2, 0.25) is 12.1 Å². The monoisotopic (exact) mass is 448 g/mol. The maximum atomic E-state index is 6.03. The highest BCUT2D eigenvalue weighted by Crippen LogP contribution is 2.66. The molecule has 0 bridgehead atoms. The van der Waals surface area contributed by atoms with Gasteiger partial charge >= 0.3 is 0 Å². The van der Waals surface area contributed by atoms with Crippen molar-refractivity contribution in [3.05, 3.63) is 0 Å². The van der Waals surface area contributed by atoms with E-state index in [9.17, 15) is 0 Å². The molecule has 0 saturated heterocycles. The van der Waals surface area contributed by atoms with Crippen molar-refractivity contribution >= 4 is 60.8 Å². The summed E-state index contributed by atoms with van der Waals surface area (Å²) in [6.45, 7) is 8.89. The summed E-state index contributed by atoms with van der Waals surface area (Å²) in [6.07, 6.45) is 8.15. The highest BCUT2D eigenvalue weighted by Gasteiger charge is 2.18. The minimum absolute atomic E-state index is 0.345. The molecule has 0 aromatic carbocycles. The Morgan fingerprint density at radius 3 is 1.50 bits per heavy atom. The van der Waals surface area contributed by atoms with E-state index in [-0.39, 0.29) is 19.5 Å². The van der Waals surface area contributed by atoms with Crippen LogP contribution in [-0.2, 0) is 8.85 Å². The zero-order valence-electron chi connectivity index (χ0n) is 16.2. The van der Waals surface area contributed by atoms with Gasteiger partial charge in [0.05, 0.1) is 0 Å². The maximum absolute atomic E-state index is 6.03. The molecule has 0 amide bonds. The first-order chi connectivity index (χ1) is 11.5. The fourth-order valence-electron chi connectivity index (χ4n) is 2.58. The Bertz CT molecular complexity index is 259. The van der Waals surface area contributed by atoms with Gasteiger partial charge in [0.15, 0.2) is 19.5 Å². The van der Waals surface area contributed by atoms with E-state index >= 15 is 0 Å². The highest BCUT2D eigenvalue weighted by molar-refractivity contribution is 9.33. The highest BCUT2D eigenvalue weighted by atomic mass is 33.7. The largest absolute Gasteiger partial charge is 0.421 e. The second kappa shape index (κ2) is 16.9. The molecule has 24 heavy (non-hydrogen) atoms. The van der Waals surface area contributed by atoms with E-state index in [1.807, 2.05) is 0 Å². The van der Waals surface area contributed by atoms with Gasteiger partial charge in [-0.15, -0.1) is 31.4 Å². The van der Waals surface area contributed by atoms with Gasteiger partial charge in [0.25, 0.3) is 0 Å². The van der Waals surface area contributed by atoms with E-state index in [0.717, 1.165) is 25.7 Å². The van der Waals surface area contributed by atoms with Crippen LogP contribution in [0.1, 0.15) is 66.2 Å². The molecule has 0 N–H and O–H groups in total. The van der Waals surface area contributed by atoms with Crippen LogP contribution in [0.15, 0.2) is 0 Å². The lowest BCUT2D eigenvalue weighted by atomic mass is 10.2. The lowest BCUT2D eigenvalue weighted by molar-refractivity contribution is 0.202. The van der Waals surface area contributed by atoms with E-state index in [0.29, 0.717) is 12.2 Å². The third kappa shape index (κ3) is 13.0. The smallest absolute Gasteiger partial charge is 0.162 e. The molecular formula is C16H40O2S4Si2. The summed E-state index contributed by atoms with van der Waals surface area (Å²) in [4.78, 5) is 0. The Balaban J connectivity index is 3.79. The van der Waals surface area contributed by atoms with Crippen LogP contribution < -0.4 is 0 Å². The molecule has 148 valence electrons. The lowest BCUT2D eigenvalue weighted by Crippen LogP contribution is -2.14. The number of rotatable bonds is 17. The molecule has 0 aromatic rings. The second-order valence-electron chi connectivity index (χ2n) is 6.29. The average molecular weight is 449 g/mol. The minimum atomic E-state index is -0.892. The Morgan fingerprint density at radius 1 is 0.833 bits per heavy atom. The summed E-state index contributed by atoms with van der Waals surface area (Å²) in [5.74, 6) is 2.44. The lowest BCUT2D eigenvalue weighted by Gasteiger charge is -2.31. The third-order valence-corrected chi connectivity index (χ3v) is 16.7. The zero-order chi connectivity index (χ0) is 18.3. The van der Waals surface area contributed by atoms with E-state index in [4.69, 9.17) is 20.5 Å². The minimum Gasteiger partial charge on any atom is -0.421 e. The average Bonchev–Trinajstić information content (AvgIpc) is 2.61. The van der Waals surface area contributed by atoms with Gasteiger partial charge in [-0.25, -0.2) is 0 Å². The molecule has 0 fully saturated rings. The van der Waals surface area contributed by atoms with Crippen LogP contribution in [0.25, 0.3) is 0 Å². The first-order valence-corrected chi connectivity index (χ1v) is 18.2. The third-order valence-electron chi connectivity index (χ3n) is 4.38. The predicted octanol–water partition coefficient (Wildman–Crippen LogP) is 5.32. The molecule has 0 rings (SSSR count). The first-order valence-electron chi connectivity index (χ1n) is 9.62. The molecule has 0 aliphatic rings. The van der Waals surface area contributed by atoms with Gasteiger partial charge in [-0.2, -0.15) is 0 Å². The van der Waals surface area contributed by atoms with Gasteiger partial charge < -0.3 is 8.85 Å². The molecule has 0 unspecified atom stereocenters. The van der Waals surface area contributed by atoms with Crippen molar-refractivity contribution in [1.82, 2.24) is 0 Å². The van der Waals surface area contributed by atoms with Gasteiger partial charge in [0, 0.05) is 12.2 Å². The Hall–Kier alpha value is 1.75. The van der Waals surface area contributed by atoms with Gasteiger partial charge in [0.1, 0.15) is 0 Å². The quantitative estimate of drug-likeness (QED) is 0.136. The molecule has 8 heteroatoms. The molecule has 0 aromatic heterocycles. The van der Waals surface area contributed by atoms with E-state index < -0.39 is 8.09 Å². The van der Waals surface area contributed by atoms with Crippen molar-refractivity contribution in [3.8, 4) is 0 Å². The van der Waals surface area contributed by atoms with Crippen LogP contribution in [0.4, 0.5) is 0 Å². The summed E-state index contributed by atoms with van der Waals surface area (Å²) in [5.41, 5.74) is 0. The summed E-state index contributed by atoms with van der Waals surface area (Å²) in [7, 11) is 0.129. The molecule has 0 heterocycles. The van der Waals surface area contributed by atoms with Gasteiger partial charge in [-0.05, 0) is 71.9 Å². The molecule has 0 spiro atoms. The normalized spacial score (nSPS) is 16.8. The molecule has 0 saturated carbocycles. The number of thiol groups is 2. The van der Waals surface area contributed by atoms with Crippen LogP contribution in [0, 0.1) is 0 Å². The molecule has 0 aliphatic carbocycles. The Labute approximate surface area is 171 Å². The van der Waals surface area contributed by atoms with Gasteiger partial charge in [-0.3, -0.25) is 0 Å². The van der Waals surface area contributed by atoms with Crippen LogP contribution in [0.5, 0.6) is 0 Å².